The van der Waals surface area contributed by atoms with Crippen molar-refractivity contribution >= 4 is 12.1 Å². The molecule has 0 spiro atoms. The van der Waals surface area contributed by atoms with E-state index >= 15 is 0 Å². The van der Waals surface area contributed by atoms with Gasteiger partial charge in [-0.2, -0.15) is 5.10 Å². The summed E-state index contributed by atoms with van der Waals surface area (Å²) < 4.78 is 0. The van der Waals surface area contributed by atoms with Crippen molar-refractivity contribution in [3.05, 3.63) is 30.1 Å². The van der Waals surface area contributed by atoms with Gasteiger partial charge in [-0.15, -0.1) is 0 Å². The average molecular weight is 205 g/mol. The first-order valence-corrected chi connectivity index (χ1v) is 4.90. The summed E-state index contributed by atoms with van der Waals surface area (Å²) in [6, 6.07) is 3.68. The Morgan fingerprint density at radius 2 is 2.47 bits per heavy atom. The maximum Gasteiger partial charge on any atom is 0.240 e. The quantitative estimate of drug-likeness (QED) is 0.599. The average Bonchev–Trinajstić information content (AvgIpc) is 2.18. The first-order valence-electron chi connectivity index (χ1n) is 4.90. The summed E-state index contributed by atoms with van der Waals surface area (Å²) in [6.07, 6.45) is 5.43. The van der Waals surface area contributed by atoms with Crippen molar-refractivity contribution in [3.8, 4) is 0 Å². The summed E-state index contributed by atoms with van der Waals surface area (Å²) in [4.78, 5) is 15.1. The molecule has 0 unspecified atom stereocenters. The van der Waals surface area contributed by atoms with Gasteiger partial charge >= 0.3 is 0 Å². The Kier molecular flexibility index (Phi) is 4.47. The number of carbonyl (C=O) groups excluding carboxylic acids is 1. The monoisotopic (exact) mass is 205 g/mol. The molecule has 0 bridgehead atoms. The van der Waals surface area contributed by atoms with Gasteiger partial charge < -0.3 is 0 Å². The number of hydrazone groups is 1. The van der Waals surface area contributed by atoms with Crippen LogP contribution in [0.4, 0.5) is 0 Å². The number of hydrogen-bond donors (Lipinski definition) is 1. The highest BCUT2D eigenvalue weighted by atomic mass is 16.2. The van der Waals surface area contributed by atoms with Gasteiger partial charge in [0, 0.05) is 24.4 Å². The zero-order chi connectivity index (χ0) is 11.1. The molecule has 4 heteroatoms. The molecule has 1 heterocycles. The lowest BCUT2D eigenvalue weighted by atomic mass is 10.1. The highest BCUT2D eigenvalue weighted by Crippen LogP contribution is 1.97. The normalized spacial score (nSPS) is 10.9. The van der Waals surface area contributed by atoms with Gasteiger partial charge in [-0.3, -0.25) is 9.78 Å². The van der Waals surface area contributed by atoms with Crippen LogP contribution in [0, 0.1) is 5.92 Å². The summed E-state index contributed by atoms with van der Waals surface area (Å²) in [5.74, 6) is 0.281. The number of pyridine rings is 1. The van der Waals surface area contributed by atoms with Crippen LogP contribution in [0.15, 0.2) is 29.6 Å². The van der Waals surface area contributed by atoms with Gasteiger partial charge in [-0.25, -0.2) is 5.43 Å². The summed E-state index contributed by atoms with van der Waals surface area (Å²) in [5, 5.41) is 3.83. The van der Waals surface area contributed by atoms with Crippen molar-refractivity contribution < 1.29 is 4.79 Å². The van der Waals surface area contributed by atoms with Crippen molar-refractivity contribution in [2.45, 2.75) is 20.3 Å². The van der Waals surface area contributed by atoms with Gasteiger partial charge in [-0.05, 0) is 12.0 Å². The first-order chi connectivity index (χ1) is 7.18. The molecule has 0 aliphatic heterocycles. The molecular formula is C11H15N3O. The second-order valence-corrected chi connectivity index (χ2v) is 3.68. The zero-order valence-electron chi connectivity index (χ0n) is 8.97. The molecule has 1 N–H and O–H groups in total. The van der Waals surface area contributed by atoms with E-state index in [1.807, 2.05) is 26.0 Å². The van der Waals surface area contributed by atoms with Crippen LogP contribution in [0.2, 0.25) is 0 Å². The Hall–Kier alpha value is -1.71. The van der Waals surface area contributed by atoms with Crippen LogP contribution in [0.5, 0.6) is 0 Å². The number of carbonyl (C=O) groups is 1. The van der Waals surface area contributed by atoms with Crippen LogP contribution in [0.25, 0.3) is 0 Å². The maximum absolute atomic E-state index is 11.2. The minimum absolute atomic E-state index is 0.0647. The van der Waals surface area contributed by atoms with E-state index in [1.54, 1.807) is 18.6 Å². The zero-order valence-corrected chi connectivity index (χ0v) is 8.97. The van der Waals surface area contributed by atoms with Crippen LogP contribution in [-0.2, 0) is 4.79 Å². The number of nitrogens with one attached hydrogen (secondary N) is 1. The molecule has 0 atom stereocenters. The Labute approximate surface area is 89.4 Å². The minimum atomic E-state index is -0.0647. The number of aromatic nitrogens is 1. The molecule has 1 amide bonds. The Morgan fingerprint density at radius 1 is 1.67 bits per heavy atom. The van der Waals surface area contributed by atoms with E-state index in [0.717, 1.165) is 5.56 Å². The predicted octanol–water partition coefficient (Wildman–Crippen LogP) is 1.58. The Morgan fingerprint density at radius 3 is 3.07 bits per heavy atom. The van der Waals surface area contributed by atoms with Crippen molar-refractivity contribution in [1.82, 2.24) is 10.4 Å². The number of rotatable bonds is 4. The number of amides is 1. The largest absolute Gasteiger partial charge is 0.273 e. The Balaban J connectivity index is 2.37. The molecule has 0 saturated carbocycles. The highest BCUT2D eigenvalue weighted by Gasteiger charge is 2.01. The van der Waals surface area contributed by atoms with Crippen molar-refractivity contribution in [3.63, 3.8) is 0 Å². The lowest BCUT2D eigenvalue weighted by Gasteiger charge is -2.01. The molecule has 0 radical (unpaired) electrons. The minimum Gasteiger partial charge on any atom is -0.273 e. The molecule has 0 aliphatic rings. The van der Waals surface area contributed by atoms with Gasteiger partial charge in [0.15, 0.2) is 0 Å². The second kappa shape index (κ2) is 5.90. The van der Waals surface area contributed by atoms with E-state index < -0.39 is 0 Å². The summed E-state index contributed by atoms with van der Waals surface area (Å²) in [6.45, 7) is 3.98. The second-order valence-electron chi connectivity index (χ2n) is 3.68. The fraction of sp³-hybridized carbons (Fsp3) is 0.364. The third kappa shape index (κ3) is 4.90. The molecule has 0 saturated heterocycles. The molecule has 1 rings (SSSR count). The summed E-state index contributed by atoms with van der Waals surface area (Å²) >= 11 is 0. The third-order valence-corrected chi connectivity index (χ3v) is 1.68. The smallest absolute Gasteiger partial charge is 0.240 e. The highest BCUT2D eigenvalue weighted by molar-refractivity contribution is 5.81. The van der Waals surface area contributed by atoms with Crippen LogP contribution in [0.1, 0.15) is 25.8 Å². The van der Waals surface area contributed by atoms with Gasteiger partial charge in [0.1, 0.15) is 0 Å². The van der Waals surface area contributed by atoms with Crippen molar-refractivity contribution in [1.29, 1.82) is 0 Å². The van der Waals surface area contributed by atoms with Gasteiger partial charge in [0.05, 0.1) is 6.21 Å². The number of nitrogens with zero attached hydrogens (tertiary/aromatic N) is 2. The fourth-order valence-corrected chi connectivity index (χ4v) is 1.05. The van der Waals surface area contributed by atoms with Crippen molar-refractivity contribution in [2.75, 3.05) is 0 Å². The molecule has 1 aromatic rings. The predicted molar refractivity (Wildman–Crippen MR) is 59.4 cm³/mol. The van der Waals surface area contributed by atoms with E-state index in [1.165, 1.54) is 0 Å². The van der Waals surface area contributed by atoms with Crippen LogP contribution >= 0.6 is 0 Å². The van der Waals surface area contributed by atoms with Crippen LogP contribution < -0.4 is 5.43 Å². The van der Waals surface area contributed by atoms with Gasteiger partial charge in [0.2, 0.25) is 5.91 Å². The van der Waals surface area contributed by atoms with Crippen LogP contribution in [0.3, 0.4) is 0 Å². The van der Waals surface area contributed by atoms with E-state index in [9.17, 15) is 4.79 Å². The molecule has 0 aromatic carbocycles. The lowest BCUT2D eigenvalue weighted by Crippen LogP contribution is -2.19. The maximum atomic E-state index is 11.2. The van der Waals surface area contributed by atoms with Crippen molar-refractivity contribution in [2.24, 2.45) is 11.0 Å². The summed E-state index contributed by atoms with van der Waals surface area (Å²) in [7, 11) is 0. The van der Waals surface area contributed by atoms with E-state index in [4.69, 9.17) is 0 Å². The van der Waals surface area contributed by atoms with Gasteiger partial charge in [-0.1, -0.05) is 19.9 Å². The molecule has 1 aromatic heterocycles. The van der Waals surface area contributed by atoms with E-state index in [0.29, 0.717) is 12.3 Å². The van der Waals surface area contributed by atoms with Crippen LogP contribution in [-0.4, -0.2) is 17.1 Å². The molecule has 80 valence electrons. The SMILES string of the molecule is CC(C)CC(=O)N/N=C/c1cccnc1. The number of hydrogen-bond acceptors (Lipinski definition) is 3. The topological polar surface area (TPSA) is 54.4 Å². The summed E-state index contributed by atoms with van der Waals surface area (Å²) in [5.41, 5.74) is 3.33. The molecule has 4 nitrogen and oxygen atoms in total. The van der Waals surface area contributed by atoms with E-state index in [2.05, 4.69) is 15.5 Å². The standard InChI is InChI=1S/C11H15N3O/c1-9(2)6-11(15)14-13-8-10-4-3-5-12-7-10/h3-5,7-9H,6H2,1-2H3,(H,14,15)/b13-8+. The Bertz CT molecular complexity index is 333. The molecule has 15 heavy (non-hydrogen) atoms. The fourth-order valence-electron chi connectivity index (χ4n) is 1.05. The molecular weight excluding hydrogens is 190 g/mol. The lowest BCUT2D eigenvalue weighted by molar-refractivity contribution is -0.121. The molecule has 0 fully saturated rings. The van der Waals surface area contributed by atoms with E-state index in [-0.39, 0.29) is 5.91 Å². The van der Waals surface area contributed by atoms with Gasteiger partial charge in [0.25, 0.3) is 0 Å². The first kappa shape index (κ1) is 11.4. The molecule has 0 aliphatic carbocycles. The third-order valence-electron chi connectivity index (χ3n) is 1.68.